The average molecular weight is 492 g/mol. The van der Waals surface area contributed by atoms with E-state index in [1.807, 2.05) is 61.5 Å². The first-order valence-corrected chi connectivity index (χ1v) is 12.7. The zero-order valence-corrected chi connectivity index (χ0v) is 20.0. The Kier molecular flexibility index (Phi) is 5.98. The van der Waals surface area contributed by atoms with Crippen LogP contribution in [0.25, 0.3) is 10.9 Å². The molecule has 5 rings (SSSR count). The summed E-state index contributed by atoms with van der Waals surface area (Å²) < 4.78 is 34.0. The van der Waals surface area contributed by atoms with Crippen molar-refractivity contribution in [2.24, 2.45) is 5.10 Å². The zero-order chi connectivity index (χ0) is 23.7. The number of rotatable bonds is 6. The average Bonchev–Trinajstić information content (AvgIpc) is 3.31. The molecule has 0 N–H and O–H groups in total. The van der Waals surface area contributed by atoms with Gasteiger partial charge in [0.2, 0.25) is 0 Å². The van der Waals surface area contributed by atoms with Gasteiger partial charge < -0.3 is 4.74 Å². The Morgan fingerprint density at radius 1 is 1.00 bits per heavy atom. The summed E-state index contributed by atoms with van der Waals surface area (Å²) in [5.41, 5.74) is 2.82. The Morgan fingerprint density at radius 3 is 2.41 bits per heavy atom. The second-order valence-electron chi connectivity index (χ2n) is 7.88. The molecule has 6 nitrogen and oxygen atoms in total. The number of ether oxygens (including phenoxy) is 1. The number of aromatic nitrogens is 1. The fourth-order valence-corrected chi connectivity index (χ4v) is 5.80. The number of halogens is 1. The summed E-state index contributed by atoms with van der Waals surface area (Å²) in [5, 5.41) is 5.66. The van der Waals surface area contributed by atoms with Gasteiger partial charge in [-0.1, -0.05) is 60.1 Å². The molecule has 3 aromatic carbocycles. The highest BCUT2D eigenvalue weighted by molar-refractivity contribution is 7.89. The van der Waals surface area contributed by atoms with Gasteiger partial charge in [-0.05, 0) is 42.8 Å². The highest BCUT2D eigenvalue weighted by atomic mass is 35.5. The van der Waals surface area contributed by atoms with Gasteiger partial charge in [0.05, 0.1) is 28.8 Å². The molecule has 0 aliphatic carbocycles. The Morgan fingerprint density at radius 2 is 1.71 bits per heavy atom. The van der Waals surface area contributed by atoms with Crippen molar-refractivity contribution in [2.45, 2.75) is 24.3 Å². The van der Waals surface area contributed by atoms with Gasteiger partial charge in [-0.2, -0.15) is 17.9 Å². The second-order valence-corrected chi connectivity index (χ2v) is 10.0. The smallest absolute Gasteiger partial charge is 0.279 e. The topological polar surface area (TPSA) is 71.9 Å². The summed E-state index contributed by atoms with van der Waals surface area (Å²) in [4.78, 5) is 4.73. The lowest BCUT2D eigenvalue weighted by Gasteiger charge is -2.24. The fourth-order valence-electron chi connectivity index (χ4n) is 4.08. The van der Waals surface area contributed by atoms with Gasteiger partial charge in [0.25, 0.3) is 10.0 Å². The molecule has 4 aromatic rings. The minimum absolute atomic E-state index is 0.171. The van der Waals surface area contributed by atoms with E-state index in [4.69, 9.17) is 16.3 Å². The highest BCUT2D eigenvalue weighted by Crippen LogP contribution is 2.40. The lowest BCUT2D eigenvalue weighted by atomic mass is 9.99. The Balaban J connectivity index is 1.62. The van der Waals surface area contributed by atoms with E-state index in [2.05, 4.69) is 10.1 Å². The molecular weight excluding hydrogens is 470 g/mol. The van der Waals surface area contributed by atoms with Gasteiger partial charge in [0, 0.05) is 23.4 Å². The van der Waals surface area contributed by atoms with Crippen LogP contribution in [-0.4, -0.2) is 30.1 Å². The van der Waals surface area contributed by atoms with Crippen LogP contribution >= 0.6 is 11.6 Å². The van der Waals surface area contributed by atoms with Crippen LogP contribution in [0.2, 0.25) is 5.15 Å². The van der Waals surface area contributed by atoms with E-state index in [0.717, 1.165) is 10.9 Å². The van der Waals surface area contributed by atoms with Crippen molar-refractivity contribution in [3.8, 4) is 5.75 Å². The third-order valence-electron chi connectivity index (χ3n) is 5.71. The Hall–Kier alpha value is -3.42. The van der Waals surface area contributed by atoms with Crippen molar-refractivity contribution in [2.75, 3.05) is 6.61 Å². The third-order valence-corrected chi connectivity index (χ3v) is 7.71. The van der Waals surface area contributed by atoms with Gasteiger partial charge in [-0.15, -0.1) is 0 Å². The molecule has 1 aliphatic rings. The van der Waals surface area contributed by atoms with Crippen molar-refractivity contribution in [3.63, 3.8) is 0 Å². The van der Waals surface area contributed by atoms with Crippen molar-refractivity contribution in [1.29, 1.82) is 0 Å². The largest absolute Gasteiger partial charge is 0.494 e. The van der Waals surface area contributed by atoms with E-state index in [1.54, 1.807) is 30.3 Å². The quantitative estimate of drug-likeness (QED) is 0.318. The maximum absolute atomic E-state index is 13.6. The fraction of sp³-hybridized carbons (Fsp3) is 0.154. The number of hydrazone groups is 1. The first-order chi connectivity index (χ1) is 16.5. The van der Waals surface area contributed by atoms with Crippen LogP contribution in [0.1, 0.15) is 30.5 Å². The molecule has 0 fully saturated rings. The minimum Gasteiger partial charge on any atom is -0.494 e. The molecule has 34 heavy (non-hydrogen) atoms. The molecule has 0 unspecified atom stereocenters. The molecule has 1 aromatic heterocycles. The minimum atomic E-state index is -3.92. The molecule has 0 spiro atoms. The number of nitrogens with zero attached hydrogens (tertiary/aromatic N) is 3. The molecular formula is C26H22ClN3O3S. The molecule has 0 saturated carbocycles. The number of hydrogen-bond acceptors (Lipinski definition) is 5. The van der Waals surface area contributed by atoms with Gasteiger partial charge in [-0.3, -0.25) is 0 Å². The third kappa shape index (κ3) is 4.13. The number of pyridine rings is 1. The molecule has 0 amide bonds. The van der Waals surface area contributed by atoms with E-state index in [1.165, 1.54) is 4.41 Å². The summed E-state index contributed by atoms with van der Waals surface area (Å²) in [7, 11) is -3.92. The maximum atomic E-state index is 13.6. The standard InChI is InChI=1S/C26H22ClN3O3S/c1-2-33-20-14-13-19-15-22(26(27)28-23(19)16-20)25-17-24(18-9-5-3-6-10-18)29-30(25)34(31,32)21-11-7-4-8-12-21/h3-16,25H,2,17H2,1H3/t25-/m1/s1. The summed E-state index contributed by atoms with van der Waals surface area (Å²) in [5.74, 6) is 0.704. The predicted molar refractivity (Wildman–Crippen MR) is 134 cm³/mol. The van der Waals surface area contributed by atoms with Gasteiger partial charge in [0.1, 0.15) is 10.9 Å². The van der Waals surface area contributed by atoms with Crippen LogP contribution in [0.4, 0.5) is 0 Å². The van der Waals surface area contributed by atoms with Crippen molar-refractivity contribution < 1.29 is 13.2 Å². The predicted octanol–water partition coefficient (Wildman–Crippen LogP) is 5.83. The number of hydrogen-bond donors (Lipinski definition) is 0. The van der Waals surface area contributed by atoms with Crippen molar-refractivity contribution >= 4 is 38.2 Å². The van der Waals surface area contributed by atoms with Crippen molar-refractivity contribution in [3.05, 3.63) is 101 Å². The number of fused-ring (bicyclic) bond motifs is 1. The summed E-state index contributed by atoms with van der Waals surface area (Å²) >= 11 is 6.64. The van der Waals surface area contributed by atoms with Crippen LogP contribution in [-0.2, 0) is 10.0 Å². The lowest BCUT2D eigenvalue weighted by Crippen LogP contribution is -2.27. The van der Waals surface area contributed by atoms with Crippen LogP contribution < -0.4 is 4.74 Å². The maximum Gasteiger partial charge on any atom is 0.279 e. The van der Waals surface area contributed by atoms with Crippen LogP contribution in [0, 0.1) is 0 Å². The van der Waals surface area contributed by atoms with E-state index < -0.39 is 16.1 Å². The van der Waals surface area contributed by atoms with Crippen LogP contribution in [0.15, 0.2) is 94.9 Å². The summed E-state index contributed by atoms with van der Waals surface area (Å²) in [6, 6.07) is 24.7. The number of sulfonamides is 1. The second kappa shape index (κ2) is 9.08. The molecule has 1 atom stereocenters. The molecule has 8 heteroatoms. The first-order valence-electron chi connectivity index (χ1n) is 10.9. The van der Waals surface area contributed by atoms with Gasteiger partial charge in [-0.25, -0.2) is 4.98 Å². The van der Waals surface area contributed by atoms with Gasteiger partial charge in [0.15, 0.2) is 0 Å². The molecule has 1 aliphatic heterocycles. The van der Waals surface area contributed by atoms with Crippen LogP contribution in [0.3, 0.4) is 0 Å². The SMILES string of the molecule is CCOc1ccc2cc([C@H]3CC(c4ccccc4)=NN3S(=O)(=O)c3ccccc3)c(Cl)nc2c1. The summed E-state index contributed by atoms with van der Waals surface area (Å²) in [6.45, 7) is 2.46. The Bertz CT molecular complexity index is 1480. The first kappa shape index (κ1) is 22.4. The molecule has 172 valence electrons. The van der Waals surface area contributed by atoms with Crippen LogP contribution in [0.5, 0.6) is 5.75 Å². The van der Waals surface area contributed by atoms with E-state index >= 15 is 0 Å². The van der Waals surface area contributed by atoms with Crippen molar-refractivity contribution in [1.82, 2.24) is 9.40 Å². The molecule has 0 saturated heterocycles. The van der Waals surface area contributed by atoms with E-state index in [9.17, 15) is 8.42 Å². The normalized spacial score (nSPS) is 16.0. The van der Waals surface area contributed by atoms with Gasteiger partial charge >= 0.3 is 0 Å². The monoisotopic (exact) mass is 491 g/mol. The molecule has 0 radical (unpaired) electrons. The summed E-state index contributed by atoms with van der Waals surface area (Å²) in [6.07, 6.45) is 0.375. The van der Waals surface area contributed by atoms with E-state index in [0.29, 0.717) is 35.6 Å². The highest BCUT2D eigenvalue weighted by Gasteiger charge is 2.39. The lowest BCUT2D eigenvalue weighted by molar-refractivity contribution is 0.340. The number of benzene rings is 3. The zero-order valence-electron chi connectivity index (χ0n) is 18.4. The molecule has 2 heterocycles. The Labute approximate surface area is 203 Å². The van der Waals surface area contributed by atoms with E-state index in [-0.39, 0.29) is 10.0 Å². The molecule has 0 bridgehead atoms.